The minimum Gasteiger partial charge on any atom is -0.294 e. The number of rotatable bonds is 3. The van der Waals surface area contributed by atoms with E-state index in [9.17, 15) is 26.7 Å². The van der Waals surface area contributed by atoms with Crippen molar-refractivity contribution in [2.45, 2.75) is 12.6 Å². The maximum atomic E-state index is 13.0. The molecule has 0 fully saturated rings. The van der Waals surface area contributed by atoms with Crippen LogP contribution in [0.2, 0.25) is 0 Å². The Labute approximate surface area is 117 Å². The number of Topliss-reactive ketones (excluding diaryl/α,β-unsaturated/α-hetero) is 1. The molecule has 0 aromatic heterocycles. The lowest BCUT2D eigenvalue weighted by Gasteiger charge is -2.07. The molecule has 0 unspecified atom stereocenters. The average Bonchev–Trinajstić information content (AvgIpc) is 2.36. The van der Waals surface area contributed by atoms with Gasteiger partial charge in [0.15, 0.2) is 5.78 Å². The molecule has 0 radical (unpaired) electrons. The van der Waals surface area contributed by atoms with Crippen LogP contribution in [0, 0.1) is 11.6 Å². The normalized spacial score (nSPS) is 11.5. The second kappa shape index (κ2) is 5.63. The molecule has 0 N–H and O–H groups in total. The van der Waals surface area contributed by atoms with Crippen LogP contribution in [0.15, 0.2) is 42.5 Å². The number of carbonyl (C=O) groups excluding carboxylic acids is 1. The second-order valence-electron chi connectivity index (χ2n) is 4.45. The molecule has 0 saturated carbocycles. The van der Waals surface area contributed by atoms with Gasteiger partial charge in [0.05, 0.1) is 5.56 Å². The molecule has 110 valence electrons. The van der Waals surface area contributed by atoms with Crippen molar-refractivity contribution >= 4 is 5.78 Å². The first kappa shape index (κ1) is 15.2. The zero-order valence-corrected chi connectivity index (χ0v) is 10.5. The van der Waals surface area contributed by atoms with E-state index in [1.165, 1.54) is 0 Å². The van der Waals surface area contributed by atoms with E-state index in [1.807, 2.05) is 0 Å². The Balaban J connectivity index is 2.17. The number of carbonyl (C=O) groups is 1. The van der Waals surface area contributed by atoms with Crippen molar-refractivity contribution in [1.82, 2.24) is 0 Å². The van der Waals surface area contributed by atoms with Gasteiger partial charge in [-0.2, -0.15) is 13.2 Å². The third-order valence-electron chi connectivity index (χ3n) is 2.82. The van der Waals surface area contributed by atoms with Crippen LogP contribution in [0.3, 0.4) is 0 Å². The zero-order chi connectivity index (χ0) is 15.6. The molecule has 0 spiro atoms. The molecule has 0 aliphatic heterocycles. The topological polar surface area (TPSA) is 17.1 Å². The van der Waals surface area contributed by atoms with E-state index in [0.29, 0.717) is 6.07 Å². The summed E-state index contributed by atoms with van der Waals surface area (Å²) < 4.78 is 63.1. The molecular formula is C15H9F5O. The monoisotopic (exact) mass is 300 g/mol. The van der Waals surface area contributed by atoms with Crippen molar-refractivity contribution < 1.29 is 26.7 Å². The Morgan fingerprint density at radius 3 is 1.90 bits per heavy atom. The molecule has 2 rings (SSSR count). The van der Waals surface area contributed by atoms with Crippen LogP contribution < -0.4 is 0 Å². The first-order valence-electron chi connectivity index (χ1n) is 5.91. The summed E-state index contributed by atoms with van der Waals surface area (Å²) in [4.78, 5) is 11.9. The van der Waals surface area contributed by atoms with E-state index in [2.05, 4.69) is 0 Å². The van der Waals surface area contributed by atoms with Gasteiger partial charge in [-0.15, -0.1) is 0 Å². The number of hydrogen-bond donors (Lipinski definition) is 0. The lowest BCUT2D eigenvalue weighted by atomic mass is 10.0. The average molecular weight is 300 g/mol. The number of hydrogen-bond acceptors (Lipinski definition) is 1. The summed E-state index contributed by atoms with van der Waals surface area (Å²) in [5.41, 5.74) is -0.694. The van der Waals surface area contributed by atoms with Crippen LogP contribution in [0.5, 0.6) is 0 Å². The van der Waals surface area contributed by atoms with Crippen molar-refractivity contribution in [2.75, 3.05) is 0 Å². The fraction of sp³-hybridized carbons (Fsp3) is 0.133. The third-order valence-corrected chi connectivity index (χ3v) is 2.82. The summed E-state index contributed by atoms with van der Waals surface area (Å²) in [7, 11) is 0. The molecule has 0 saturated heterocycles. The Morgan fingerprint density at radius 1 is 0.905 bits per heavy atom. The van der Waals surface area contributed by atoms with Crippen LogP contribution in [0.4, 0.5) is 22.0 Å². The third kappa shape index (κ3) is 3.87. The van der Waals surface area contributed by atoms with E-state index in [-0.39, 0.29) is 17.5 Å². The van der Waals surface area contributed by atoms with E-state index in [4.69, 9.17) is 0 Å². The zero-order valence-electron chi connectivity index (χ0n) is 10.5. The highest BCUT2D eigenvalue weighted by molar-refractivity contribution is 5.97. The van der Waals surface area contributed by atoms with Crippen LogP contribution in [-0.4, -0.2) is 5.78 Å². The first-order chi connectivity index (χ1) is 9.75. The lowest BCUT2D eigenvalue weighted by Crippen LogP contribution is -2.07. The molecule has 6 heteroatoms. The number of benzene rings is 2. The van der Waals surface area contributed by atoms with Crippen molar-refractivity contribution in [3.8, 4) is 0 Å². The predicted molar refractivity (Wildman–Crippen MR) is 65.8 cm³/mol. The maximum absolute atomic E-state index is 13.0. The smallest absolute Gasteiger partial charge is 0.294 e. The van der Waals surface area contributed by atoms with Gasteiger partial charge in [0.1, 0.15) is 11.6 Å². The van der Waals surface area contributed by atoms with Gasteiger partial charge < -0.3 is 0 Å². The van der Waals surface area contributed by atoms with Crippen molar-refractivity contribution in [3.05, 3.63) is 70.8 Å². The molecule has 0 bridgehead atoms. The molecule has 2 aromatic carbocycles. The fourth-order valence-corrected chi connectivity index (χ4v) is 1.85. The van der Waals surface area contributed by atoms with Crippen LogP contribution in [-0.2, 0) is 12.6 Å². The largest absolute Gasteiger partial charge is 0.416 e. The van der Waals surface area contributed by atoms with Gasteiger partial charge in [0.2, 0.25) is 0 Å². The van der Waals surface area contributed by atoms with E-state index in [1.54, 1.807) is 0 Å². The minimum atomic E-state index is -4.48. The van der Waals surface area contributed by atoms with Crippen molar-refractivity contribution in [3.63, 3.8) is 0 Å². The van der Waals surface area contributed by atoms with E-state index < -0.39 is 29.2 Å². The molecule has 0 amide bonds. The van der Waals surface area contributed by atoms with Crippen molar-refractivity contribution in [1.29, 1.82) is 0 Å². The minimum absolute atomic E-state index is 0.0488. The highest BCUT2D eigenvalue weighted by Gasteiger charge is 2.30. The van der Waals surface area contributed by atoms with Crippen molar-refractivity contribution in [2.24, 2.45) is 0 Å². The number of ketones is 1. The van der Waals surface area contributed by atoms with Crippen LogP contribution >= 0.6 is 0 Å². The van der Waals surface area contributed by atoms with E-state index in [0.717, 1.165) is 36.4 Å². The predicted octanol–water partition coefficient (Wildman–Crippen LogP) is 4.41. The lowest BCUT2D eigenvalue weighted by molar-refractivity contribution is -0.137. The summed E-state index contributed by atoms with van der Waals surface area (Å²) in [5.74, 6) is -2.15. The van der Waals surface area contributed by atoms with Gasteiger partial charge in [-0.3, -0.25) is 4.79 Å². The van der Waals surface area contributed by atoms with Gasteiger partial charge in [0.25, 0.3) is 0 Å². The summed E-state index contributed by atoms with van der Waals surface area (Å²) in [6.45, 7) is 0. The van der Waals surface area contributed by atoms with Gasteiger partial charge in [-0.1, -0.05) is 12.1 Å². The molecule has 0 aliphatic rings. The molecule has 1 nitrogen and oxygen atoms in total. The molecule has 0 aliphatic carbocycles. The highest BCUT2D eigenvalue weighted by atomic mass is 19.4. The van der Waals surface area contributed by atoms with Gasteiger partial charge in [-0.05, 0) is 29.8 Å². The SMILES string of the molecule is O=C(Cc1cc(F)cc(F)c1)c1ccc(C(F)(F)F)cc1. The van der Waals surface area contributed by atoms with Gasteiger partial charge >= 0.3 is 6.18 Å². The molecule has 0 heterocycles. The maximum Gasteiger partial charge on any atom is 0.416 e. The summed E-state index contributed by atoms with van der Waals surface area (Å²) in [5, 5.41) is 0. The Morgan fingerprint density at radius 2 is 1.43 bits per heavy atom. The van der Waals surface area contributed by atoms with E-state index >= 15 is 0 Å². The summed E-state index contributed by atoms with van der Waals surface area (Å²) >= 11 is 0. The second-order valence-corrected chi connectivity index (χ2v) is 4.45. The highest BCUT2D eigenvalue weighted by Crippen LogP contribution is 2.29. The number of alkyl halides is 3. The van der Waals surface area contributed by atoms with Crippen LogP contribution in [0.25, 0.3) is 0 Å². The van der Waals surface area contributed by atoms with Gasteiger partial charge in [-0.25, -0.2) is 8.78 Å². The van der Waals surface area contributed by atoms with Gasteiger partial charge in [0, 0.05) is 18.1 Å². The molecular weight excluding hydrogens is 291 g/mol. The Hall–Kier alpha value is -2.24. The van der Waals surface area contributed by atoms with Crippen LogP contribution in [0.1, 0.15) is 21.5 Å². The fourth-order valence-electron chi connectivity index (χ4n) is 1.85. The standard InChI is InChI=1S/C15H9F5O/c16-12-5-9(6-13(17)8-12)7-14(21)10-1-3-11(4-2-10)15(18,19)20/h1-6,8H,7H2. The Kier molecular flexibility index (Phi) is 4.06. The first-order valence-corrected chi connectivity index (χ1v) is 5.91. The molecule has 21 heavy (non-hydrogen) atoms. The Bertz CT molecular complexity index is 639. The summed E-state index contributed by atoms with van der Waals surface area (Å²) in [6, 6.07) is 6.35. The number of halogens is 5. The quantitative estimate of drug-likeness (QED) is 0.606. The molecule has 0 atom stereocenters. The summed E-state index contributed by atoms with van der Waals surface area (Å²) in [6.07, 6.45) is -4.77. The molecule has 2 aromatic rings.